The lowest BCUT2D eigenvalue weighted by molar-refractivity contribution is 0.182. The fourth-order valence-corrected chi connectivity index (χ4v) is 3.20. The van der Waals surface area contributed by atoms with Gasteiger partial charge in [0.15, 0.2) is 5.96 Å². The predicted octanol–water partition coefficient (Wildman–Crippen LogP) is 3.27. The van der Waals surface area contributed by atoms with Crippen LogP contribution in [0.3, 0.4) is 0 Å². The van der Waals surface area contributed by atoms with Crippen molar-refractivity contribution in [3.63, 3.8) is 0 Å². The first kappa shape index (κ1) is 22.2. The number of nitrogens with zero attached hydrogens (tertiary/aromatic N) is 2. The Hall–Kier alpha value is -0.890. The van der Waals surface area contributed by atoms with Crippen molar-refractivity contribution >= 4 is 29.9 Å². The number of likely N-dealkylation sites (tertiary alicyclic amines) is 1. The maximum Gasteiger partial charge on any atom is 0.190 e. The monoisotopic (exact) mass is 462 g/mol. The minimum atomic E-state index is -0.188. The van der Waals surface area contributed by atoms with Crippen LogP contribution in [0.5, 0.6) is 0 Å². The van der Waals surface area contributed by atoms with E-state index in [0.717, 1.165) is 49.9 Å². The van der Waals surface area contributed by atoms with Gasteiger partial charge in [-0.05, 0) is 62.4 Å². The summed E-state index contributed by atoms with van der Waals surface area (Å²) in [4.78, 5) is 6.82. The van der Waals surface area contributed by atoms with Crippen LogP contribution < -0.4 is 10.6 Å². The second-order valence-electron chi connectivity index (χ2n) is 6.70. The summed E-state index contributed by atoms with van der Waals surface area (Å²) in [5, 5.41) is 6.68. The van der Waals surface area contributed by atoms with Crippen molar-refractivity contribution in [3.05, 3.63) is 35.6 Å². The SMILES string of the molecule is CN=C(NCCCN1CCCC(C)C1)NCCc1ccc(F)cc1.I. The van der Waals surface area contributed by atoms with Gasteiger partial charge in [-0.15, -0.1) is 24.0 Å². The van der Waals surface area contributed by atoms with E-state index in [1.807, 2.05) is 12.1 Å². The van der Waals surface area contributed by atoms with E-state index in [4.69, 9.17) is 0 Å². The summed E-state index contributed by atoms with van der Waals surface area (Å²) < 4.78 is 12.9. The van der Waals surface area contributed by atoms with Gasteiger partial charge in [0.05, 0.1) is 0 Å². The number of piperidine rings is 1. The topological polar surface area (TPSA) is 39.7 Å². The molecule has 0 saturated carbocycles. The molecule has 1 unspecified atom stereocenters. The van der Waals surface area contributed by atoms with Crippen molar-refractivity contribution in [1.29, 1.82) is 0 Å². The maximum atomic E-state index is 12.9. The first-order valence-electron chi connectivity index (χ1n) is 9.08. The highest BCUT2D eigenvalue weighted by molar-refractivity contribution is 14.0. The molecule has 1 aromatic carbocycles. The van der Waals surface area contributed by atoms with Gasteiger partial charge in [0.1, 0.15) is 5.82 Å². The van der Waals surface area contributed by atoms with Crippen LogP contribution in [-0.2, 0) is 6.42 Å². The zero-order valence-corrected chi connectivity index (χ0v) is 17.8. The van der Waals surface area contributed by atoms with Gasteiger partial charge in [-0.25, -0.2) is 4.39 Å². The lowest BCUT2D eigenvalue weighted by Crippen LogP contribution is -2.40. The van der Waals surface area contributed by atoms with Crippen LogP contribution in [0.2, 0.25) is 0 Å². The van der Waals surface area contributed by atoms with E-state index in [1.165, 1.54) is 38.1 Å². The van der Waals surface area contributed by atoms with Crippen LogP contribution >= 0.6 is 24.0 Å². The number of halogens is 2. The number of rotatable bonds is 7. The van der Waals surface area contributed by atoms with Gasteiger partial charge >= 0.3 is 0 Å². The van der Waals surface area contributed by atoms with Crippen LogP contribution in [0.25, 0.3) is 0 Å². The summed E-state index contributed by atoms with van der Waals surface area (Å²) in [6.07, 6.45) is 4.69. The normalized spacial score (nSPS) is 18.5. The molecule has 1 aliphatic rings. The molecule has 2 rings (SSSR count). The fraction of sp³-hybridized carbons (Fsp3) is 0.632. The number of guanidine groups is 1. The van der Waals surface area contributed by atoms with Crippen molar-refractivity contribution in [1.82, 2.24) is 15.5 Å². The Morgan fingerprint density at radius 3 is 2.64 bits per heavy atom. The number of aliphatic imine (C=N–C) groups is 1. The third-order valence-corrected chi connectivity index (χ3v) is 4.53. The third kappa shape index (κ3) is 8.85. The maximum absolute atomic E-state index is 12.9. The highest BCUT2D eigenvalue weighted by atomic mass is 127. The molecule has 0 aromatic heterocycles. The summed E-state index contributed by atoms with van der Waals surface area (Å²) in [5.74, 6) is 1.49. The summed E-state index contributed by atoms with van der Waals surface area (Å²) >= 11 is 0. The molecule has 142 valence electrons. The van der Waals surface area contributed by atoms with Gasteiger partial charge in [0.2, 0.25) is 0 Å². The Morgan fingerprint density at radius 1 is 1.24 bits per heavy atom. The predicted molar refractivity (Wildman–Crippen MR) is 114 cm³/mol. The molecule has 1 saturated heterocycles. The van der Waals surface area contributed by atoms with E-state index < -0.39 is 0 Å². The number of hydrogen-bond donors (Lipinski definition) is 2. The molecule has 1 fully saturated rings. The molecule has 0 aliphatic carbocycles. The van der Waals surface area contributed by atoms with Gasteiger partial charge in [0.25, 0.3) is 0 Å². The van der Waals surface area contributed by atoms with Crippen LogP contribution in [0, 0.1) is 11.7 Å². The quantitative estimate of drug-likeness (QED) is 0.283. The highest BCUT2D eigenvalue weighted by Crippen LogP contribution is 2.15. The Labute approximate surface area is 168 Å². The highest BCUT2D eigenvalue weighted by Gasteiger charge is 2.15. The molecule has 0 spiro atoms. The van der Waals surface area contributed by atoms with Crippen LogP contribution in [0.15, 0.2) is 29.3 Å². The van der Waals surface area contributed by atoms with Crippen molar-refractivity contribution in [2.45, 2.75) is 32.6 Å². The first-order valence-corrected chi connectivity index (χ1v) is 9.08. The molecule has 6 heteroatoms. The van der Waals surface area contributed by atoms with E-state index in [-0.39, 0.29) is 29.8 Å². The minimum Gasteiger partial charge on any atom is -0.356 e. The second-order valence-corrected chi connectivity index (χ2v) is 6.70. The minimum absolute atomic E-state index is 0. The molecule has 2 N–H and O–H groups in total. The standard InChI is InChI=1S/C19H31FN4.HI/c1-16-5-3-13-24(15-16)14-4-11-22-19(21-2)23-12-10-17-6-8-18(20)9-7-17;/h6-9,16H,3-5,10-15H2,1-2H3,(H2,21,22,23);1H. The summed E-state index contributed by atoms with van der Waals surface area (Å²) in [5.41, 5.74) is 1.12. The Balaban J connectivity index is 0.00000312. The molecule has 1 aromatic rings. The molecule has 1 atom stereocenters. The largest absolute Gasteiger partial charge is 0.356 e. The van der Waals surface area contributed by atoms with Crippen LogP contribution in [-0.4, -0.2) is 50.6 Å². The Bertz CT molecular complexity index is 507. The molecule has 1 aliphatic heterocycles. The number of benzene rings is 1. The molecule has 25 heavy (non-hydrogen) atoms. The van der Waals surface area contributed by atoms with Gasteiger partial charge in [-0.2, -0.15) is 0 Å². The van der Waals surface area contributed by atoms with Gasteiger partial charge in [0, 0.05) is 26.7 Å². The summed E-state index contributed by atoms with van der Waals surface area (Å²) in [6.45, 7) is 7.71. The second kappa shape index (κ2) is 12.5. The van der Waals surface area contributed by atoms with Crippen molar-refractivity contribution < 1.29 is 4.39 Å². The zero-order chi connectivity index (χ0) is 17.2. The lowest BCUT2D eigenvalue weighted by atomic mass is 10.0. The number of hydrogen-bond acceptors (Lipinski definition) is 2. The van der Waals surface area contributed by atoms with Gasteiger partial charge in [-0.3, -0.25) is 4.99 Å². The smallest absolute Gasteiger partial charge is 0.190 e. The van der Waals surface area contributed by atoms with Gasteiger partial charge < -0.3 is 15.5 Å². The van der Waals surface area contributed by atoms with E-state index in [1.54, 1.807) is 7.05 Å². The van der Waals surface area contributed by atoms with Gasteiger partial charge in [-0.1, -0.05) is 19.1 Å². The van der Waals surface area contributed by atoms with Crippen molar-refractivity contribution in [2.24, 2.45) is 10.9 Å². The lowest BCUT2D eigenvalue weighted by Gasteiger charge is -2.30. The van der Waals surface area contributed by atoms with E-state index in [2.05, 4.69) is 27.4 Å². The average molecular weight is 462 g/mol. The van der Waals surface area contributed by atoms with Crippen LogP contribution in [0.4, 0.5) is 4.39 Å². The van der Waals surface area contributed by atoms with E-state index in [9.17, 15) is 4.39 Å². The van der Waals surface area contributed by atoms with Crippen LogP contribution in [0.1, 0.15) is 31.7 Å². The molecule has 0 amide bonds. The van der Waals surface area contributed by atoms with Crippen molar-refractivity contribution in [3.8, 4) is 0 Å². The molecular formula is C19H32FIN4. The molecule has 0 bridgehead atoms. The average Bonchev–Trinajstić information content (AvgIpc) is 2.59. The Kier molecular flexibility index (Phi) is 11.0. The van der Waals surface area contributed by atoms with E-state index in [0.29, 0.717) is 0 Å². The fourth-order valence-electron chi connectivity index (χ4n) is 3.20. The molecule has 0 radical (unpaired) electrons. The molecule has 1 heterocycles. The zero-order valence-electron chi connectivity index (χ0n) is 15.4. The van der Waals surface area contributed by atoms with E-state index >= 15 is 0 Å². The molecular weight excluding hydrogens is 430 g/mol. The Morgan fingerprint density at radius 2 is 1.96 bits per heavy atom. The summed E-state index contributed by atoms with van der Waals surface area (Å²) in [6, 6.07) is 6.66. The first-order chi connectivity index (χ1) is 11.7. The van der Waals surface area contributed by atoms with Crippen molar-refractivity contribution in [2.75, 3.05) is 39.8 Å². The third-order valence-electron chi connectivity index (χ3n) is 4.53. The summed E-state index contributed by atoms with van der Waals surface area (Å²) in [7, 11) is 1.79. The number of nitrogens with one attached hydrogen (secondary N) is 2. The molecule has 4 nitrogen and oxygen atoms in total.